The third-order valence-corrected chi connectivity index (χ3v) is 3.21. The third-order valence-electron chi connectivity index (χ3n) is 3.21. The highest BCUT2D eigenvalue weighted by Crippen LogP contribution is 2.30. The number of nitrogens with two attached hydrogens (primary N) is 1. The van der Waals surface area contributed by atoms with E-state index in [0.29, 0.717) is 5.89 Å². The number of hydrogen-bond donors (Lipinski definition) is 1. The topological polar surface area (TPSA) is 52.0 Å². The van der Waals surface area contributed by atoms with Crippen molar-refractivity contribution < 1.29 is 4.42 Å². The van der Waals surface area contributed by atoms with Crippen LogP contribution in [-0.2, 0) is 0 Å². The zero-order valence-corrected chi connectivity index (χ0v) is 10.4. The second-order valence-electron chi connectivity index (χ2n) is 4.46. The van der Waals surface area contributed by atoms with Crippen LogP contribution in [0.1, 0.15) is 11.1 Å². The molecular formula is C15H14N2O. The lowest BCUT2D eigenvalue weighted by Gasteiger charge is -2.02. The minimum atomic E-state index is 0.638. The van der Waals surface area contributed by atoms with Crippen molar-refractivity contribution in [2.24, 2.45) is 0 Å². The van der Waals surface area contributed by atoms with E-state index in [0.717, 1.165) is 33.5 Å². The zero-order valence-electron chi connectivity index (χ0n) is 10.4. The summed E-state index contributed by atoms with van der Waals surface area (Å²) in [5.41, 5.74) is 11.4. The molecule has 0 unspecified atom stereocenters. The van der Waals surface area contributed by atoms with Crippen molar-refractivity contribution in [1.29, 1.82) is 0 Å². The van der Waals surface area contributed by atoms with E-state index in [2.05, 4.69) is 4.98 Å². The molecular weight excluding hydrogens is 224 g/mol. The Bertz CT molecular complexity index is 714. The van der Waals surface area contributed by atoms with Crippen LogP contribution in [0, 0.1) is 13.8 Å². The minimum absolute atomic E-state index is 0.638. The molecule has 1 aromatic heterocycles. The van der Waals surface area contributed by atoms with E-state index in [-0.39, 0.29) is 0 Å². The average molecular weight is 238 g/mol. The number of hydrogen-bond acceptors (Lipinski definition) is 3. The van der Waals surface area contributed by atoms with E-state index in [1.165, 1.54) is 0 Å². The summed E-state index contributed by atoms with van der Waals surface area (Å²) in [5.74, 6) is 0.638. The molecule has 0 amide bonds. The van der Waals surface area contributed by atoms with Crippen molar-refractivity contribution in [3.63, 3.8) is 0 Å². The molecule has 90 valence electrons. The lowest BCUT2D eigenvalue weighted by atomic mass is 10.1. The summed E-state index contributed by atoms with van der Waals surface area (Å²) >= 11 is 0. The Labute approximate surface area is 105 Å². The molecule has 0 fully saturated rings. The first-order chi connectivity index (χ1) is 8.66. The number of anilines is 1. The van der Waals surface area contributed by atoms with Crippen molar-refractivity contribution in [2.75, 3.05) is 5.73 Å². The standard InChI is InChI=1S/C15H14N2O/c1-9-8-12-14(10(2)13(9)16)17-15(18-12)11-6-4-3-5-7-11/h3-8H,16H2,1-2H3. The molecule has 3 aromatic rings. The van der Waals surface area contributed by atoms with Crippen molar-refractivity contribution >= 4 is 16.8 Å². The van der Waals surface area contributed by atoms with Crippen molar-refractivity contribution in [3.8, 4) is 11.5 Å². The van der Waals surface area contributed by atoms with Gasteiger partial charge in [-0.15, -0.1) is 0 Å². The maximum atomic E-state index is 6.01. The quantitative estimate of drug-likeness (QED) is 0.658. The number of fused-ring (bicyclic) bond motifs is 1. The fourth-order valence-electron chi connectivity index (χ4n) is 2.10. The molecule has 2 N–H and O–H groups in total. The number of aryl methyl sites for hydroxylation is 2. The highest BCUT2D eigenvalue weighted by atomic mass is 16.3. The first kappa shape index (κ1) is 10.8. The normalized spacial score (nSPS) is 11.0. The van der Waals surface area contributed by atoms with E-state index < -0.39 is 0 Å². The molecule has 3 heteroatoms. The Balaban J connectivity index is 2.27. The van der Waals surface area contributed by atoms with E-state index in [1.807, 2.05) is 50.2 Å². The second-order valence-corrected chi connectivity index (χ2v) is 4.46. The van der Waals surface area contributed by atoms with Gasteiger partial charge in [0.25, 0.3) is 0 Å². The molecule has 2 aromatic carbocycles. The van der Waals surface area contributed by atoms with Crippen molar-refractivity contribution in [3.05, 3.63) is 47.5 Å². The first-order valence-corrected chi connectivity index (χ1v) is 5.88. The summed E-state index contributed by atoms with van der Waals surface area (Å²) < 4.78 is 5.80. The highest BCUT2D eigenvalue weighted by Gasteiger charge is 2.12. The monoisotopic (exact) mass is 238 g/mol. The third kappa shape index (κ3) is 1.56. The minimum Gasteiger partial charge on any atom is -0.436 e. The zero-order chi connectivity index (χ0) is 12.7. The summed E-state index contributed by atoms with van der Waals surface area (Å²) in [6.45, 7) is 3.95. The van der Waals surface area contributed by atoms with Crippen LogP contribution in [0.5, 0.6) is 0 Å². The molecule has 1 heterocycles. The summed E-state index contributed by atoms with van der Waals surface area (Å²) in [6, 6.07) is 11.8. The summed E-state index contributed by atoms with van der Waals surface area (Å²) in [6.07, 6.45) is 0. The maximum absolute atomic E-state index is 6.01. The number of rotatable bonds is 1. The average Bonchev–Trinajstić information content (AvgIpc) is 2.81. The lowest BCUT2D eigenvalue weighted by molar-refractivity contribution is 0.619. The van der Waals surface area contributed by atoms with E-state index in [4.69, 9.17) is 10.2 Å². The van der Waals surface area contributed by atoms with Crippen LogP contribution in [0.2, 0.25) is 0 Å². The molecule has 0 radical (unpaired) electrons. The highest BCUT2D eigenvalue weighted by molar-refractivity contribution is 5.85. The van der Waals surface area contributed by atoms with Gasteiger partial charge in [-0.25, -0.2) is 4.98 Å². The molecule has 3 nitrogen and oxygen atoms in total. The molecule has 0 atom stereocenters. The lowest BCUT2D eigenvalue weighted by Crippen LogP contribution is -1.93. The van der Waals surface area contributed by atoms with Gasteiger partial charge in [0.05, 0.1) is 0 Å². The fourth-order valence-corrected chi connectivity index (χ4v) is 2.10. The van der Waals surface area contributed by atoms with E-state index >= 15 is 0 Å². The van der Waals surface area contributed by atoms with Crippen molar-refractivity contribution in [1.82, 2.24) is 4.98 Å². The van der Waals surface area contributed by atoms with Crippen molar-refractivity contribution in [2.45, 2.75) is 13.8 Å². The van der Waals surface area contributed by atoms with Gasteiger partial charge in [-0.3, -0.25) is 0 Å². The Morgan fingerprint density at radius 3 is 2.56 bits per heavy atom. The maximum Gasteiger partial charge on any atom is 0.227 e. The molecule has 0 aliphatic heterocycles. The predicted octanol–water partition coefficient (Wildman–Crippen LogP) is 3.69. The van der Waals surface area contributed by atoms with Crippen LogP contribution in [0.25, 0.3) is 22.6 Å². The molecule has 0 saturated heterocycles. The van der Waals surface area contributed by atoms with E-state index in [9.17, 15) is 0 Å². The Morgan fingerprint density at radius 2 is 1.83 bits per heavy atom. The van der Waals surface area contributed by atoms with Crippen LogP contribution in [0.4, 0.5) is 5.69 Å². The summed E-state index contributed by atoms with van der Waals surface area (Å²) in [7, 11) is 0. The summed E-state index contributed by atoms with van der Waals surface area (Å²) in [4.78, 5) is 4.54. The second kappa shape index (κ2) is 3.88. The largest absolute Gasteiger partial charge is 0.436 e. The number of aromatic nitrogens is 1. The molecule has 0 aliphatic rings. The molecule has 0 saturated carbocycles. The summed E-state index contributed by atoms with van der Waals surface area (Å²) in [5, 5.41) is 0. The predicted molar refractivity (Wildman–Crippen MR) is 73.3 cm³/mol. The molecule has 0 bridgehead atoms. The van der Waals surface area contributed by atoms with Crippen LogP contribution in [0.15, 0.2) is 40.8 Å². The SMILES string of the molecule is Cc1cc2oc(-c3ccccc3)nc2c(C)c1N. The fraction of sp³-hybridized carbons (Fsp3) is 0.133. The van der Waals surface area contributed by atoms with Crippen LogP contribution in [-0.4, -0.2) is 4.98 Å². The van der Waals surface area contributed by atoms with Gasteiger partial charge in [-0.2, -0.15) is 0 Å². The Hall–Kier alpha value is -2.29. The number of oxazole rings is 1. The van der Waals surface area contributed by atoms with Gasteiger partial charge in [0.1, 0.15) is 5.52 Å². The Kier molecular flexibility index (Phi) is 2.33. The number of nitrogens with zero attached hydrogens (tertiary/aromatic N) is 1. The van der Waals surface area contributed by atoms with Gasteiger partial charge in [0, 0.05) is 16.8 Å². The number of nitrogen functional groups attached to an aromatic ring is 1. The smallest absolute Gasteiger partial charge is 0.227 e. The van der Waals surface area contributed by atoms with Gasteiger partial charge < -0.3 is 10.2 Å². The molecule has 18 heavy (non-hydrogen) atoms. The van der Waals surface area contributed by atoms with Gasteiger partial charge in [-0.05, 0) is 37.6 Å². The first-order valence-electron chi connectivity index (χ1n) is 5.88. The van der Waals surface area contributed by atoms with Crippen LogP contribution < -0.4 is 5.73 Å². The Morgan fingerprint density at radius 1 is 1.11 bits per heavy atom. The molecule has 3 rings (SSSR count). The van der Waals surface area contributed by atoms with Crippen LogP contribution in [0.3, 0.4) is 0 Å². The number of benzene rings is 2. The molecule has 0 aliphatic carbocycles. The van der Waals surface area contributed by atoms with Gasteiger partial charge in [0.2, 0.25) is 5.89 Å². The molecule has 0 spiro atoms. The van der Waals surface area contributed by atoms with Gasteiger partial charge in [-0.1, -0.05) is 18.2 Å². The van der Waals surface area contributed by atoms with E-state index in [1.54, 1.807) is 0 Å². The van der Waals surface area contributed by atoms with Gasteiger partial charge in [0.15, 0.2) is 5.58 Å². The van der Waals surface area contributed by atoms with Gasteiger partial charge >= 0.3 is 0 Å². The van der Waals surface area contributed by atoms with Crippen LogP contribution >= 0.6 is 0 Å².